The average molecular weight is 297 g/mol. The van der Waals surface area contributed by atoms with E-state index < -0.39 is 0 Å². The molecular weight excluding hydrogens is 276 g/mol. The second-order valence-electron chi connectivity index (χ2n) is 5.50. The first-order valence-electron chi connectivity index (χ1n) is 7.30. The van der Waals surface area contributed by atoms with Crippen LogP contribution < -0.4 is 20.5 Å². The zero-order valence-corrected chi connectivity index (χ0v) is 12.3. The van der Waals surface area contributed by atoms with Gasteiger partial charge in [0, 0.05) is 12.6 Å². The lowest BCUT2D eigenvalue weighted by Crippen LogP contribution is -2.29. The van der Waals surface area contributed by atoms with Crippen molar-refractivity contribution in [3.8, 4) is 11.5 Å². The number of halogens is 1. The summed E-state index contributed by atoms with van der Waals surface area (Å²) in [4.78, 5) is 0. The maximum atomic E-state index is 6.27. The summed E-state index contributed by atoms with van der Waals surface area (Å²) >= 11 is 6.27. The summed E-state index contributed by atoms with van der Waals surface area (Å²) < 4.78 is 11.1. The molecule has 3 rings (SSSR count). The average Bonchev–Trinajstić information content (AvgIpc) is 3.28. The lowest BCUT2D eigenvalue weighted by molar-refractivity contribution is 0.171. The minimum absolute atomic E-state index is 0.113. The number of nitrogens with one attached hydrogen (secondary N) is 1. The smallest absolute Gasteiger partial charge is 0.179 e. The highest BCUT2D eigenvalue weighted by molar-refractivity contribution is 6.32. The molecule has 20 heavy (non-hydrogen) atoms. The second-order valence-corrected chi connectivity index (χ2v) is 5.91. The van der Waals surface area contributed by atoms with Crippen LogP contribution in [0.4, 0.5) is 0 Å². The molecule has 4 nitrogen and oxygen atoms in total. The maximum absolute atomic E-state index is 6.27. The van der Waals surface area contributed by atoms with Crippen molar-refractivity contribution in [2.45, 2.75) is 25.3 Å². The standard InChI is InChI=1S/C15H21ClN2O2/c16-12-7-11(8-14-15(12)20-6-5-19-14)13(9-17)18-4-3-10-1-2-10/h7-8,10,13,18H,1-6,9,17H2. The lowest BCUT2D eigenvalue weighted by Gasteiger charge is -2.23. The van der Waals surface area contributed by atoms with Gasteiger partial charge in [-0.2, -0.15) is 0 Å². The third kappa shape index (κ3) is 3.19. The van der Waals surface area contributed by atoms with E-state index in [0.717, 1.165) is 23.8 Å². The van der Waals surface area contributed by atoms with E-state index in [2.05, 4.69) is 5.32 Å². The molecule has 0 aromatic heterocycles. The molecular formula is C15H21ClN2O2. The van der Waals surface area contributed by atoms with Crippen LogP contribution in [0.3, 0.4) is 0 Å². The van der Waals surface area contributed by atoms with Gasteiger partial charge in [-0.25, -0.2) is 0 Å². The van der Waals surface area contributed by atoms with Crippen molar-refractivity contribution >= 4 is 11.6 Å². The number of nitrogens with two attached hydrogens (primary N) is 1. The SMILES string of the molecule is NCC(NCCC1CC1)c1cc(Cl)c2c(c1)OCCO2. The minimum Gasteiger partial charge on any atom is -0.486 e. The molecule has 0 saturated heterocycles. The first-order valence-corrected chi connectivity index (χ1v) is 7.68. The Bertz CT molecular complexity index is 477. The van der Waals surface area contributed by atoms with Crippen molar-refractivity contribution in [2.24, 2.45) is 11.7 Å². The van der Waals surface area contributed by atoms with Crippen LogP contribution in [0.2, 0.25) is 5.02 Å². The predicted octanol–water partition coefficient (Wildman–Crippen LogP) is 2.50. The largest absolute Gasteiger partial charge is 0.486 e. The van der Waals surface area contributed by atoms with E-state index in [-0.39, 0.29) is 6.04 Å². The summed E-state index contributed by atoms with van der Waals surface area (Å²) in [6.45, 7) is 2.65. The topological polar surface area (TPSA) is 56.5 Å². The molecule has 1 aliphatic heterocycles. The van der Waals surface area contributed by atoms with Crippen molar-refractivity contribution in [3.05, 3.63) is 22.7 Å². The zero-order valence-electron chi connectivity index (χ0n) is 11.5. The first kappa shape index (κ1) is 14.0. The Kier molecular flexibility index (Phi) is 4.34. The molecule has 2 aliphatic rings. The van der Waals surface area contributed by atoms with Crippen LogP contribution in [0, 0.1) is 5.92 Å². The molecule has 0 amide bonds. The third-order valence-corrected chi connectivity index (χ3v) is 4.18. The maximum Gasteiger partial charge on any atom is 0.179 e. The van der Waals surface area contributed by atoms with E-state index >= 15 is 0 Å². The van der Waals surface area contributed by atoms with Crippen LogP contribution in [0.1, 0.15) is 30.9 Å². The molecule has 1 saturated carbocycles. The van der Waals surface area contributed by atoms with Crippen LogP contribution in [-0.2, 0) is 0 Å². The highest BCUT2D eigenvalue weighted by Gasteiger charge is 2.22. The molecule has 0 bridgehead atoms. The summed E-state index contributed by atoms with van der Waals surface area (Å²) in [6, 6.07) is 4.03. The molecule has 110 valence electrons. The summed E-state index contributed by atoms with van der Waals surface area (Å²) in [5, 5.41) is 4.11. The van der Waals surface area contributed by atoms with Crippen LogP contribution >= 0.6 is 11.6 Å². The van der Waals surface area contributed by atoms with Crippen LogP contribution in [-0.4, -0.2) is 26.3 Å². The highest BCUT2D eigenvalue weighted by Crippen LogP contribution is 2.39. The zero-order chi connectivity index (χ0) is 13.9. The number of hydrogen-bond acceptors (Lipinski definition) is 4. The minimum atomic E-state index is 0.113. The molecule has 1 aromatic rings. The highest BCUT2D eigenvalue weighted by atomic mass is 35.5. The monoisotopic (exact) mass is 296 g/mol. The fourth-order valence-corrected chi connectivity index (χ4v) is 2.81. The van der Waals surface area contributed by atoms with Gasteiger partial charge >= 0.3 is 0 Å². The van der Waals surface area contributed by atoms with E-state index in [0.29, 0.717) is 30.5 Å². The van der Waals surface area contributed by atoms with E-state index in [1.165, 1.54) is 19.3 Å². The predicted molar refractivity (Wildman–Crippen MR) is 79.6 cm³/mol. The number of hydrogen-bond donors (Lipinski definition) is 2. The van der Waals surface area contributed by atoms with E-state index in [4.69, 9.17) is 26.8 Å². The molecule has 1 aromatic carbocycles. The lowest BCUT2D eigenvalue weighted by atomic mass is 10.1. The van der Waals surface area contributed by atoms with Crippen molar-refractivity contribution in [3.63, 3.8) is 0 Å². The van der Waals surface area contributed by atoms with Crippen molar-refractivity contribution in [2.75, 3.05) is 26.3 Å². The Morgan fingerprint density at radius 3 is 2.85 bits per heavy atom. The van der Waals surface area contributed by atoms with Gasteiger partial charge in [0.05, 0.1) is 5.02 Å². The molecule has 1 fully saturated rings. The third-order valence-electron chi connectivity index (χ3n) is 3.90. The quantitative estimate of drug-likeness (QED) is 0.847. The van der Waals surface area contributed by atoms with Crippen LogP contribution in [0.15, 0.2) is 12.1 Å². The van der Waals surface area contributed by atoms with Crippen molar-refractivity contribution in [1.29, 1.82) is 0 Å². The van der Waals surface area contributed by atoms with E-state index in [9.17, 15) is 0 Å². The van der Waals surface area contributed by atoms with Gasteiger partial charge in [0.25, 0.3) is 0 Å². The number of fused-ring (bicyclic) bond motifs is 1. The Morgan fingerprint density at radius 2 is 2.10 bits per heavy atom. The van der Waals surface area contributed by atoms with Gasteiger partial charge in [0.15, 0.2) is 11.5 Å². The van der Waals surface area contributed by atoms with Gasteiger partial charge in [0.2, 0.25) is 0 Å². The fraction of sp³-hybridized carbons (Fsp3) is 0.600. The molecule has 3 N–H and O–H groups in total. The number of ether oxygens (including phenoxy) is 2. The van der Waals surface area contributed by atoms with Gasteiger partial charge in [-0.05, 0) is 36.6 Å². The van der Waals surface area contributed by atoms with Crippen molar-refractivity contribution < 1.29 is 9.47 Å². The van der Waals surface area contributed by atoms with Gasteiger partial charge in [-0.1, -0.05) is 24.4 Å². The van der Waals surface area contributed by atoms with Crippen LogP contribution in [0.5, 0.6) is 11.5 Å². The van der Waals surface area contributed by atoms with Gasteiger partial charge in [0.1, 0.15) is 13.2 Å². The summed E-state index contributed by atoms with van der Waals surface area (Å²) in [6.07, 6.45) is 3.99. The molecule has 0 spiro atoms. The van der Waals surface area contributed by atoms with Crippen LogP contribution in [0.25, 0.3) is 0 Å². The molecule has 5 heteroatoms. The normalized spacial score (nSPS) is 18.9. The Labute approximate surface area is 124 Å². The number of rotatable bonds is 6. The Balaban J connectivity index is 1.71. The van der Waals surface area contributed by atoms with Gasteiger partial charge in [-0.3, -0.25) is 0 Å². The summed E-state index contributed by atoms with van der Waals surface area (Å²) in [7, 11) is 0. The summed E-state index contributed by atoms with van der Waals surface area (Å²) in [5.41, 5.74) is 6.95. The van der Waals surface area contributed by atoms with Crippen molar-refractivity contribution in [1.82, 2.24) is 5.32 Å². The fourth-order valence-electron chi connectivity index (χ4n) is 2.54. The first-order chi connectivity index (χ1) is 9.78. The molecule has 1 unspecified atom stereocenters. The molecule has 1 atom stereocenters. The molecule has 1 aliphatic carbocycles. The van der Waals surface area contributed by atoms with E-state index in [1.54, 1.807) is 0 Å². The Hall–Kier alpha value is -0.970. The second kappa shape index (κ2) is 6.20. The van der Waals surface area contributed by atoms with Gasteiger partial charge in [-0.15, -0.1) is 0 Å². The Morgan fingerprint density at radius 1 is 1.30 bits per heavy atom. The molecule has 1 heterocycles. The van der Waals surface area contributed by atoms with Gasteiger partial charge < -0.3 is 20.5 Å². The van der Waals surface area contributed by atoms with E-state index in [1.807, 2.05) is 12.1 Å². The summed E-state index contributed by atoms with van der Waals surface area (Å²) in [5.74, 6) is 2.29. The molecule has 0 radical (unpaired) electrons. The number of benzene rings is 1.